The number of nitrogens with zero attached hydrogens (tertiary/aromatic N) is 1. The summed E-state index contributed by atoms with van der Waals surface area (Å²) in [6.07, 6.45) is 4.72. The van der Waals surface area contributed by atoms with E-state index >= 15 is 0 Å². The zero-order valence-corrected chi connectivity index (χ0v) is 14.8. The monoisotopic (exact) mass is 339 g/mol. The number of fused-ring (bicyclic) bond motifs is 1. The van der Waals surface area contributed by atoms with Gasteiger partial charge in [-0.1, -0.05) is 26.2 Å². The zero-order chi connectivity index (χ0) is 17.6. The average Bonchev–Trinajstić information content (AvgIpc) is 3.04. The first kappa shape index (κ1) is 17.1. The van der Waals surface area contributed by atoms with Crippen molar-refractivity contribution < 1.29 is 9.47 Å². The van der Waals surface area contributed by atoms with Crippen molar-refractivity contribution in [3.63, 3.8) is 0 Å². The summed E-state index contributed by atoms with van der Waals surface area (Å²) in [5.41, 5.74) is 9.30. The van der Waals surface area contributed by atoms with E-state index in [4.69, 9.17) is 15.2 Å². The van der Waals surface area contributed by atoms with Gasteiger partial charge in [0.1, 0.15) is 5.82 Å². The lowest BCUT2D eigenvalue weighted by Gasteiger charge is -2.11. The number of methoxy groups -OCH3 is 1. The smallest absolute Gasteiger partial charge is 0.161 e. The van der Waals surface area contributed by atoms with Crippen LogP contribution in [0.2, 0.25) is 0 Å². The predicted molar refractivity (Wildman–Crippen MR) is 102 cm³/mol. The molecule has 2 aromatic carbocycles. The molecule has 0 fully saturated rings. The number of hydrogen-bond acceptors (Lipinski definition) is 4. The quantitative estimate of drug-likeness (QED) is 0.457. The number of imidazole rings is 1. The molecule has 0 unspecified atom stereocenters. The molecule has 5 heteroatoms. The Kier molecular flexibility index (Phi) is 5.43. The fourth-order valence-corrected chi connectivity index (χ4v) is 2.81. The second-order valence-corrected chi connectivity index (χ2v) is 6.14. The zero-order valence-electron chi connectivity index (χ0n) is 14.8. The van der Waals surface area contributed by atoms with E-state index in [0.29, 0.717) is 18.0 Å². The molecule has 3 N–H and O–H groups in total. The molecule has 0 aliphatic carbocycles. The van der Waals surface area contributed by atoms with Gasteiger partial charge >= 0.3 is 0 Å². The SMILES string of the molecule is CCCCCCOc1ccc(-c2nc3ccc(N)cc3[nH]2)cc1OC. The molecule has 0 radical (unpaired) electrons. The van der Waals surface area contributed by atoms with E-state index in [1.165, 1.54) is 19.3 Å². The van der Waals surface area contributed by atoms with E-state index in [1.807, 2.05) is 36.4 Å². The number of unbranched alkanes of at least 4 members (excludes halogenated alkanes) is 3. The number of aromatic nitrogens is 2. The third kappa shape index (κ3) is 4.05. The van der Waals surface area contributed by atoms with Gasteiger partial charge in [0.15, 0.2) is 11.5 Å². The number of rotatable bonds is 8. The highest BCUT2D eigenvalue weighted by atomic mass is 16.5. The van der Waals surface area contributed by atoms with Crippen molar-refractivity contribution in [1.82, 2.24) is 9.97 Å². The summed E-state index contributed by atoms with van der Waals surface area (Å²) in [4.78, 5) is 7.92. The maximum Gasteiger partial charge on any atom is 0.161 e. The number of benzene rings is 2. The summed E-state index contributed by atoms with van der Waals surface area (Å²) < 4.78 is 11.4. The van der Waals surface area contributed by atoms with Crippen LogP contribution in [0.4, 0.5) is 5.69 Å². The van der Waals surface area contributed by atoms with Crippen LogP contribution in [-0.4, -0.2) is 23.7 Å². The molecule has 0 aliphatic rings. The van der Waals surface area contributed by atoms with Crippen molar-refractivity contribution in [3.8, 4) is 22.9 Å². The van der Waals surface area contributed by atoms with Crippen LogP contribution < -0.4 is 15.2 Å². The summed E-state index contributed by atoms with van der Waals surface area (Å²) in [6.45, 7) is 2.91. The van der Waals surface area contributed by atoms with Crippen LogP contribution in [0.1, 0.15) is 32.6 Å². The van der Waals surface area contributed by atoms with Crippen molar-refractivity contribution in [1.29, 1.82) is 0 Å². The van der Waals surface area contributed by atoms with Crippen molar-refractivity contribution in [2.75, 3.05) is 19.5 Å². The maximum atomic E-state index is 5.87. The van der Waals surface area contributed by atoms with Gasteiger partial charge in [-0.25, -0.2) is 4.98 Å². The number of nitrogens with one attached hydrogen (secondary N) is 1. The highest BCUT2D eigenvalue weighted by Crippen LogP contribution is 2.32. The van der Waals surface area contributed by atoms with Gasteiger partial charge < -0.3 is 20.2 Å². The van der Waals surface area contributed by atoms with Crippen LogP contribution >= 0.6 is 0 Å². The molecule has 0 bridgehead atoms. The van der Waals surface area contributed by atoms with Gasteiger partial charge in [0.2, 0.25) is 0 Å². The molecule has 0 spiro atoms. The number of anilines is 1. The van der Waals surface area contributed by atoms with Crippen molar-refractivity contribution in [3.05, 3.63) is 36.4 Å². The third-order valence-electron chi connectivity index (χ3n) is 4.20. The summed E-state index contributed by atoms with van der Waals surface area (Å²) in [7, 11) is 1.66. The minimum Gasteiger partial charge on any atom is -0.493 e. The van der Waals surface area contributed by atoms with Crippen LogP contribution in [0, 0.1) is 0 Å². The minimum absolute atomic E-state index is 0.708. The van der Waals surface area contributed by atoms with Gasteiger partial charge in [0, 0.05) is 11.3 Å². The molecular weight excluding hydrogens is 314 g/mol. The molecule has 1 aromatic heterocycles. The van der Waals surface area contributed by atoms with Crippen molar-refractivity contribution in [2.24, 2.45) is 0 Å². The largest absolute Gasteiger partial charge is 0.493 e. The number of nitrogens with two attached hydrogens (primary N) is 1. The molecule has 0 atom stereocenters. The predicted octanol–water partition coefficient (Wildman–Crippen LogP) is 4.78. The van der Waals surface area contributed by atoms with E-state index in [2.05, 4.69) is 16.9 Å². The lowest BCUT2D eigenvalue weighted by molar-refractivity contribution is 0.285. The van der Waals surface area contributed by atoms with E-state index in [-0.39, 0.29) is 0 Å². The molecular formula is C20H25N3O2. The normalized spacial score (nSPS) is 11.0. The highest BCUT2D eigenvalue weighted by Gasteiger charge is 2.10. The lowest BCUT2D eigenvalue weighted by Crippen LogP contribution is -1.99. The van der Waals surface area contributed by atoms with Crippen LogP contribution in [-0.2, 0) is 0 Å². The lowest BCUT2D eigenvalue weighted by atomic mass is 10.2. The molecule has 5 nitrogen and oxygen atoms in total. The summed E-state index contributed by atoms with van der Waals surface area (Å²) in [5.74, 6) is 2.27. The summed E-state index contributed by atoms with van der Waals surface area (Å²) in [5, 5.41) is 0. The number of nitrogen functional groups attached to an aromatic ring is 1. The molecule has 0 saturated carbocycles. The first-order valence-corrected chi connectivity index (χ1v) is 8.77. The first-order valence-electron chi connectivity index (χ1n) is 8.77. The molecule has 3 aromatic rings. The Bertz CT molecular complexity index is 842. The standard InChI is InChI=1S/C20H25N3O2/c1-3-4-5-6-11-25-18-10-7-14(12-19(18)24-2)20-22-16-9-8-15(21)13-17(16)23-20/h7-10,12-13H,3-6,11,21H2,1-2H3,(H,22,23). The number of aromatic amines is 1. The van der Waals surface area contributed by atoms with E-state index < -0.39 is 0 Å². The van der Waals surface area contributed by atoms with Crippen LogP contribution in [0.25, 0.3) is 22.4 Å². The first-order chi connectivity index (χ1) is 12.2. The number of H-pyrrole nitrogens is 1. The van der Waals surface area contributed by atoms with Gasteiger partial charge in [-0.15, -0.1) is 0 Å². The Labute approximate surface area is 148 Å². The molecule has 0 amide bonds. The Morgan fingerprint density at radius 3 is 2.72 bits per heavy atom. The van der Waals surface area contributed by atoms with E-state index in [9.17, 15) is 0 Å². The topological polar surface area (TPSA) is 73.2 Å². The Balaban J connectivity index is 1.77. The Hall–Kier alpha value is -2.69. The Morgan fingerprint density at radius 1 is 1.04 bits per heavy atom. The molecule has 3 rings (SSSR count). The third-order valence-corrected chi connectivity index (χ3v) is 4.20. The van der Waals surface area contributed by atoms with Gasteiger partial charge in [0.05, 0.1) is 24.8 Å². The fourth-order valence-electron chi connectivity index (χ4n) is 2.81. The van der Waals surface area contributed by atoms with Crippen molar-refractivity contribution >= 4 is 16.7 Å². The average molecular weight is 339 g/mol. The summed E-state index contributed by atoms with van der Waals surface area (Å²) in [6, 6.07) is 11.5. The second-order valence-electron chi connectivity index (χ2n) is 6.14. The Morgan fingerprint density at radius 2 is 1.92 bits per heavy atom. The van der Waals surface area contributed by atoms with Crippen LogP contribution in [0.3, 0.4) is 0 Å². The van der Waals surface area contributed by atoms with E-state index in [0.717, 1.165) is 34.6 Å². The number of hydrogen-bond donors (Lipinski definition) is 2. The number of ether oxygens (including phenoxy) is 2. The highest BCUT2D eigenvalue weighted by molar-refractivity contribution is 5.82. The molecule has 1 heterocycles. The van der Waals surface area contributed by atoms with Crippen LogP contribution in [0.15, 0.2) is 36.4 Å². The second kappa shape index (κ2) is 7.92. The van der Waals surface area contributed by atoms with Gasteiger partial charge in [0.25, 0.3) is 0 Å². The fraction of sp³-hybridized carbons (Fsp3) is 0.350. The minimum atomic E-state index is 0.708. The van der Waals surface area contributed by atoms with E-state index in [1.54, 1.807) is 7.11 Å². The van der Waals surface area contributed by atoms with Gasteiger partial charge in [-0.3, -0.25) is 0 Å². The molecule has 0 saturated heterocycles. The molecule has 132 valence electrons. The maximum absolute atomic E-state index is 5.87. The van der Waals surface area contributed by atoms with Crippen LogP contribution in [0.5, 0.6) is 11.5 Å². The van der Waals surface area contributed by atoms with Gasteiger partial charge in [-0.2, -0.15) is 0 Å². The van der Waals surface area contributed by atoms with Crippen molar-refractivity contribution in [2.45, 2.75) is 32.6 Å². The molecule has 0 aliphatic heterocycles. The van der Waals surface area contributed by atoms with Gasteiger partial charge in [-0.05, 0) is 42.8 Å². The summed E-state index contributed by atoms with van der Waals surface area (Å²) >= 11 is 0. The molecule has 25 heavy (non-hydrogen) atoms.